The zero-order valence-electron chi connectivity index (χ0n) is 11.4. The molecule has 1 saturated heterocycles. The number of aryl methyl sites for hydroxylation is 1. The minimum absolute atomic E-state index is 0.269. The van der Waals surface area contributed by atoms with Gasteiger partial charge in [0.2, 0.25) is 0 Å². The van der Waals surface area contributed by atoms with Gasteiger partial charge in [-0.15, -0.1) is 0 Å². The predicted octanol–water partition coefficient (Wildman–Crippen LogP) is 3.20. The molecule has 0 saturated carbocycles. The number of phenolic OH excluding ortho intramolecular Hbond substituents is 1. The maximum absolute atomic E-state index is 10.2. The van der Waals surface area contributed by atoms with Gasteiger partial charge in [0.25, 0.3) is 0 Å². The van der Waals surface area contributed by atoms with Crippen molar-refractivity contribution in [2.75, 3.05) is 13.2 Å². The lowest BCUT2D eigenvalue weighted by atomic mass is 10.1. The third-order valence-corrected chi connectivity index (χ3v) is 4.37. The third kappa shape index (κ3) is 3.71. The number of hydrogen-bond acceptors (Lipinski definition) is 3. The van der Waals surface area contributed by atoms with Crippen LogP contribution < -0.4 is 0 Å². The van der Waals surface area contributed by atoms with Crippen LogP contribution in [0, 0.1) is 6.92 Å². The van der Waals surface area contributed by atoms with E-state index >= 15 is 0 Å². The van der Waals surface area contributed by atoms with Gasteiger partial charge in [-0.05, 0) is 56.8 Å². The fourth-order valence-corrected chi connectivity index (χ4v) is 3.52. The Hall–Kier alpha value is -0.580. The summed E-state index contributed by atoms with van der Waals surface area (Å²) >= 11 is 3.49. The number of benzene rings is 1. The quantitative estimate of drug-likeness (QED) is 0.872. The Bertz CT molecular complexity index is 436. The molecule has 106 valence electrons. The second-order valence-electron chi connectivity index (χ2n) is 5.36. The molecule has 19 heavy (non-hydrogen) atoms. The number of hydrogen-bond donors (Lipinski definition) is 2. The number of halogens is 1. The number of aromatic hydroxyl groups is 1. The maximum atomic E-state index is 10.2. The average molecular weight is 328 g/mol. The number of likely N-dealkylation sites (tertiary alicyclic amines) is 1. The lowest BCUT2D eigenvalue weighted by molar-refractivity contribution is 0.208. The molecule has 2 N–H and O–H groups in total. The number of nitrogens with zero attached hydrogens (tertiary/aromatic N) is 1. The first kappa shape index (κ1) is 14.8. The van der Waals surface area contributed by atoms with E-state index in [4.69, 9.17) is 5.11 Å². The molecule has 1 aliphatic heterocycles. The highest BCUT2D eigenvalue weighted by Gasteiger charge is 2.24. The first-order valence-corrected chi connectivity index (χ1v) is 7.74. The summed E-state index contributed by atoms with van der Waals surface area (Å²) in [6, 6.07) is 4.49. The van der Waals surface area contributed by atoms with Crippen LogP contribution in [-0.2, 0) is 6.54 Å². The molecule has 1 aromatic rings. The topological polar surface area (TPSA) is 43.7 Å². The lowest BCUT2D eigenvalue weighted by Gasteiger charge is -2.25. The van der Waals surface area contributed by atoms with Gasteiger partial charge in [-0.25, -0.2) is 0 Å². The van der Waals surface area contributed by atoms with Crippen molar-refractivity contribution in [3.05, 3.63) is 27.7 Å². The zero-order valence-corrected chi connectivity index (χ0v) is 13.0. The smallest absolute Gasteiger partial charge is 0.123 e. The molecule has 1 unspecified atom stereocenters. The SMILES string of the molecule is Cc1cc(Br)cc(CN2CCCC2CCCO)c1O. The predicted molar refractivity (Wildman–Crippen MR) is 80.3 cm³/mol. The summed E-state index contributed by atoms with van der Waals surface area (Å²) in [5, 5.41) is 19.1. The van der Waals surface area contributed by atoms with Crippen LogP contribution in [0.15, 0.2) is 16.6 Å². The van der Waals surface area contributed by atoms with Crippen LogP contribution in [0.1, 0.15) is 36.8 Å². The Morgan fingerprint density at radius 3 is 2.95 bits per heavy atom. The molecular weight excluding hydrogens is 306 g/mol. The summed E-state index contributed by atoms with van der Waals surface area (Å²) in [5.41, 5.74) is 1.90. The van der Waals surface area contributed by atoms with Gasteiger partial charge in [-0.2, -0.15) is 0 Å². The summed E-state index contributed by atoms with van der Waals surface area (Å²) in [6.07, 6.45) is 4.33. The van der Waals surface area contributed by atoms with Crippen molar-refractivity contribution in [1.29, 1.82) is 0 Å². The molecule has 1 aromatic carbocycles. The minimum Gasteiger partial charge on any atom is -0.507 e. The molecule has 1 atom stereocenters. The number of aliphatic hydroxyl groups excluding tert-OH is 1. The van der Waals surface area contributed by atoms with Crippen LogP contribution in [0.4, 0.5) is 0 Å². The van der Waals surface area contributed by atoms with Crippen molar-refractivity contribution in [3.63, 3.8) is 0 Å². The molecule has 0 radical (unpaired) electrons. The summed E-state index contributed by atoms with van der Waals surface area (Å²) in [6.45, 7) is 4.08. The van der Waals surface area contributed by atoms with Crippen LogP contribution in [-0.4, -0.2) is 34.3 Å². The molecule has 0 aliphatic carbocycles. The van der Waals surface area contributed by atoms with Crippen molar-refractivity contribution in [1.82, 2.24) is 4.90 Å². The second kappa shape index (κ2) is 6.73. The van der Waals surface area contributed by atoms with E-state index in [0.717, 1.165) is 41.5 Å². The minimum atomic E-state index is 0.269. The van der Waals surface area contributed by atoms with E-state index in [9.17, 15) is 5.11 Å². The Morgan fingerprint density at radius 2 is 2.21 bits per heavy atom. The van der Waals surface area contributed by atoms with Crippen LogP contribution in [0.2, 0.25) is 0 Å². The Balaban J connectivity index is 2.07. The molecule has 4 heteroatoms. The van der Waals surface area contributed by atoms with Gasteiger partial charge in [-0.1, -0.05) is 15.9 Å². The van der Waals surface area contributed by atoms with Crippen molar-refractivity contribution in [2.24, 2.45) is 0 Å². The molecule has 1 heterocycles. The van der Waals surface area contributed by atoms with E-state index in [1.165, 1.54) is 12.8 Å². The van der Waals surface area contributed by atoms with Crippen molar-refractivity contribution in [2.45, 2.75) is 45.2 Å². The largest absolute Gasteiger partial charge is 0.507 e. The molecule has 0 aromatic heterocycles. The monoisotopic (exact) mass is 327 g/mol. The summed E-state index contributed by atoms with van der Waals surface area (Å²) in [7, 11) is 0. The summed E-state index contributed by atoms with van der Waals surface area (Å²) in [4.78, 5) is 2.43. The normalized spacial score (nSPS) is 20.1. The number of rotatable bonds is 5. The van der Waals surface area contributed by atoms with Crippen LogP contribution in [0.3, 0.4) is 0 Å². The maximum Gasteiger partial charge on any atom is 0.123 e. The molecule has 2 rings (SSSR count). The van der Waals surface area contributed by atoms with Gasteiger partial charge in [-0.3, -0.25) is 4.90 Å². The molecule has 3 nitrogen and oxygen atoms in total. The van der Waals surface area contributed by atoms with Gasteiger partial charge in [0.05, 0.1) is 0 Å². The Kier molecular flexibility index (Phi) is 5.25. The van der Waals surface area contributed by atoms with E-state index in [0.29, 0.717) is 11.8 Å². The lowest BCUT2D eigenvalue weighted by Crippen LogP contribution is -2.29. The van der Waals surface area contributed by atoms with Gasteiger partial charge < -0.3 is 10.2 Å². The molecule has 1 fully saturated rings. The number of phenols is 1. The fraction of sp³-hybridized carbons (Fsp3) is 0.600. The molecule has 0 spiro atoms. The molecule has 1 aliphatic rings. The van der Waals surface area contributed by atoms with Gasteiger partial charge >= 0.3 is 0 Å². The van der Waals surface area contributed by atoms with Crippen molar-refractivity contribution >= 4 is 15.9 Å². The van der Waals surface area contributed by atoms with Crippen LogP contribution >= 0.6 is 15.9 Å². The second-order valence-corrected chi connectivity index (χ2v) is 6.28. The van der Waals surface area contributed by atoms with E-state index < -0.39 is 0 Å². The van der Waals surface area contributed by atoms with Crippen molar-refractivity contribution in [3.8, 4) is 5.75 Å². The Labute approximate surface area is 123 Å². The molecular formula is C15H22BrNO2. The first-order chi connectivity index (χ1) is 9.11. The average Bonchev–Trinajstić information content (AvgIpc) is 2.80. The van der Waals surface area contributed by atoms with Gasteiger partial charge in [0.1, 0.15) is 5.75 Å². The van der Waals surface area contributed by atoms with E-state index in [1.807, 2.05) is 19.1 Å². The van der Waals surface area contributed by atoms with Crippen LogP contribution in [0.5, 0.6) is 5.75 Å². The van der Waals surface area contributed by atoms with Crippen molar-refractivity contribution < 1.29 is 10.2 Å². The summed E-state index contributed by atoms with van der Waals surface area (Å²) in [5.74, 6) is 0.413. The first-order valence-electron chi connectivity index (χ1n) is 6.94. The fourth-order valence-electron chi connectivity index (χ4n) is 2.90. The highest BCUT2D eigenvalue weighted by Crippen LogP contribution is 2.30. The molecule has 0 amide bonds. The van der Waals surface area contributed by atoms with Gasteiger partial charge in [0.15, 0.2) is 0 Å². The van der Waals surface area contributed by atoms with E-state index in [1.54, 1.807) is 0 Å². The highest BCUT2D eigenvalue weighted by atomic mass is 79.9. The van der Waals surface area contributed by atoms with E-state index in [2.05, 4.69) is 20.8 Å². The standard InChI is InChI=1S/C15H22BrNO2/c1-11-8-13(16)9-12(15(11)19)10-17-6-2-4-14(17)5-3-7-18/h8-9,14,18-19H,2-7,10H2,1H3. The van der Waals surface area contributed by atoms with Gasteiger partial charge in [0, 0.05) is 29.2 Å². The summed E-state index contributed by atoms with van der Waals surface area (Å²) < 4.78 is 1.02. The number of aliphatic hydroxyl groups is 1. The zero-order chi connectivity index (χ0) is 13.8. The van der Waals surface area contributed by atoms with Crippen LogP contribution in [0.25, 0.3) is 0 Å². The highest BCUT2D eigenvalue weighted by molar-refractivity contribution is 9.10. The van der Waals surface area contributed by atoms with E-state index in [-0.39, 0.29) is 6.61 Å². The Morgan fingerprint density at radius 1 is 1.42 bits per heavy atom. The molecule has 0 bridgehead atoms. The third-order valence-electron chi connectivity index (χ3n) is 3.91.